The van der Waals surface area contributed by atoms with Crippen LogP contribution in [0.4, 0.5) is 13.2 Å². The number of alkyl halides is 3. The van der Waals surface area contributed by atoms with Crippen molar-refractivity contribution in [3.63, 3.8) is 0 Å². The molecule has 1 N–H and O–H groups in total. The second-order valence-corrected chi connectivity index (χ2v) is 19.7. The van der Waals surface area contributed by atoms with Gasteiger partial charge in [-0.25, -0.2) is 0 Å². The quantitative estimate of drug-likeness (QED) is 0.0930. The van der Waals surface area contributed by atoms with Crippen molar-refractivity contribution in [3.05, 3.63) is 216 Å². The van der Waals surface area contributed by atoms with Gasteiger partial charge in [0, 0.05) is 84.2 Å². The van der Waals surface area contributed by atoms with Crippen molar-refractivity contribution >= 4 is 68.3 Å². The van der Waals surface area contributed by atoms with E-state index in [1.54, 1.807) is 37.3 Å². The zero-order chi connectivity index (χ0) is 43.8. The maximum atomic E-state index is 13.8. The summed E-state index contributed by atoms with van der Waals surface area (Å²) in [6, 6.07) is 58.3. The standard InChI is InChI=1S/C18H15OP.C17H12F3NO3.C15H15OP.Sm/c19-20(16-10-4-1-5-11-16,17-12-6-2-7-13-17)18-14-8-3-9-15-18;1-2-21-13-10-6-4-3-5-9(10)7-8-11(13)14(22)12(16(21)24)15(23)17(18,19)20;1-13(2)17(16,14-9-5-3-6-10-14)15-11-7-4-8-12-15;/h1-15H;3-8,22H,2H2,1H3;3-12H,1H2,2H3;. The molecule has 0 unspecified atom stereocenters. The normalized spacial score (nSPS) is 11.3. The molecule has 1 aromatic heterocycles. The Morgan fingerprint density at radius 3 is 1.34 bits per heavy atom. The third-order valence-corrected chi connectivity index (χ3v) is 16.3. The zero-order valence-corrected chi connectivity index (χ0v) is 38.2. The molecular weight excluding hydrogens is 964 g/mol. The van der Waals surface area contributed by atoms with Gasteiger partial charge in [-0.05, 0) is 30.6 Å². The molecule has 12 heteroatoms. The van der Waals surface area contributed by atoms with Crippen LogP contribution < -0.4 is 32.1 Å². The first kappa shape index (κ1) is 47.8. The van der Waals surface area contributed by atoms with Crippen molar-refractivity contribution in [3.8, 4) is 5.75 Å². The predicted molar refractivity (Wildman–Crippen MR) is 244 cm³/mol. The smallest absolute Gasteiger partial charge is 0.455 e. The number of hydrogen-bond acceptors (Lipinski definition) is 5. The molecule has 0 radical (unpaired) electrons. The van der Waals surface area contributed by atoms with Gasteiger partial charge >= 0.3 is 6.18 Å². The maximum Gasteiger partial charge on any atom is 0.455 e. The molecule has 7 aromatic carbocycles. The number of ketones is 1. The van der Waals surface area contributed by atoms with E-state index < -0.39 is 43.1 Å². The Hall–Kier alpha value is -5.19. The van der Waals surface area contributed by atoms with Crippen LogP contribution in [0.15, 0.2) is 205 Å². The molecule has 0 saturated heterocycles. The van der Waals surface area contributed by atoms with E-state index in [9.17, 15) is 37.0 Å². The summed E-state index contributed by atoms with van der Waals surface area (Å²) in [7, 11) is -5.47. The number of hydrogen-bond donors (Lipinski definition) is 1. The summed E-state index contributed by atoms with van der Waals surface area (Å²) >= 11 is 0. The molecule has 0 aliphatic carbocycles. The summed E-state index contributed by atoms with van der Waals surface area (Å²) < 4.78 is 66.4. The van der Waals surface area contributed by atoms with Crippen molar-refractivity contribution in [2.45, 2.75) is 26.6 Å². The SMILES string of the molecule is C=C(C)P(=O)(c1ccccc1)c1ccccc1.CCn1c(=O)c(C(=O)C(F)(F)F)c(O)c2ccc3ccccc3c21.O=P(c1ccccc1)(c1ccccc1)c1ccccc1.[Sm]. The second-order valence-electron chi connectivity index (χ2n) is 13.9. The Labute approximate surface area is 390 Å². The van der Waals surface area contributed by atoms with Crippen molar-refractivity contribution in [1.82, 2.24) is 4.57 Å². The van der Waals surface area contributed by atoms with E-state index in [-0.39, 0.29) is 52.3 Å². The van der Waals surface area contributed by atoms with Crippen LogP contribution in [0.5, 0.6) is 5.75 Å². The monoisotopic (exact) mass is 1010 g/mol. The fraction of sp³-hybridized carbons (Fsp3) is 0.0800. The number of allylic oxidation sites excluding steroid dienone is 1. The molecule has 0 spiro atoms. The molecule has 0 bridgehead atoms. The van der Waals surface area contributed by atoms with Gasteiger partial charge < -0.3 is 18.8 Å². The van der Waals surface area contributed by atoms with Crippen molar-refractivity contribution < 1.29 is 72.6 Å². The Kier molecular flexibility index (Phi) is 16.0. The fourth-order valence-corrected chi connectivity index (χ4v) is 12.1. The number of Topliss-reactive ketones (excluding diaryl/α,β-unsaturated/α-hetero) is 1. The summed E-state index contributed by atoms with van der Waals surface area (Å²) in [5.41, 5.74) is -2.09. The van der Waals surface area contributed by atoms with Gasteiger partial charge in [-0.3, -0.25) is 9.59 Å². The van der Waals surface area contributed by atoms with Crippen LogP contribution in [0.3, 0.4) is 0 Å². The average molecular weight is 1010 g/mol. The number of carbonyl (C=O) groups is 1. The van der Waals surface area contributed by atoms with E-state index in [1.165, 1.54) is 6.07 Å². The summed E-state index contributed by atoms with van der Waals surface area (Å²) in [5.74, 6) is -3.28. The Bertz CT molecular complexity index is 2820. The first-order valence-corrected chi connectivity index (χ1v) is 22.7. The van der Waals surface area contributed by atoms with E-state index in [4.69, 9.17) is 0 Å². The molecule has 1 heterocycles. The minimum Gasteiger partial charge on any atom is -0.506 e. The number of aryl methyl sites for hydroxylation is 1. The number of benzene rings is 7. The number of aromatic nitrogens is 1. The zero-order valence-electron chi connectivity index (χ0n) is 33.8. The van der Waals surface area contributed by atoms with Crippen LogP contribution in [0, 0.1) is 40.4 Å². The molecule has 0 amide bonds. The van der Waals surface area contributed by atoms with Gasteiger partial charge in [-0.2, -0.15) is 13.2 Å². The molecule has 8 rings (SSSR count). The average Bonchev–Trinajstić information content (AvgIpc) is 3.30. The van der Waals surface area contributed by atoms with E-state index in [1.807, 2.05) is 159 Å². The number of fused-ring (bicyclic) bond motifs is 3. The Balaban J connectivity index is 0.000000177. The minimum absolute atomic E-state index is 0. The Morgan fingerprint density at radius 2 is 0.968 bits per heavy atom. The van der Waals surface area contributed by atoms with Gasteiger partial charge in [0.25, 0.3) is 11.3 Å². The minimum atomic E-state index is -5.24. The van der Waals surface area contributed by atoms with Crippen LogP contribution in [0.25, 0.3) is 21.7 Å². The van der Waals surface area contributed by atoms with E-state index in [2.05, 4.69) is 6.58 Å². The van der Waals surface area contributed by atoms with Crippen LogP contribution in [0.1, 0.15) is 24.2 Å². The van der Waals surface area contributed by atoms with Crippen LogP contribution in [-0.4, -0.2) is 21.6 Å². The van der Waals surface area contributed by atoms with Crippen LogP contribution >= 0.6 is 14.3 Å². The van der Waals surface area contributed by atoms with Gasteiger partial charge in [0.15, 0.2) is 14.3 Å². The molecule has 0 saturated carbocycles. The van der Waals surface area contributed by atoms with Gasteiger partial charge in [0.1, 0.15) is 11.3 Å². The number of carbonyl (C=O) groups excluding carboxylic acids is 1. The summed E-state index contributed by atoms with van der Waals surface area (Å²) in [6.45, 7) is 7.39. The molecule has 0 atom stereocenters. The molecular formula is C50H42F3NO5P2Sm. The summed E-state index contributed by atoms with van der Waals surface area (Å²) in [6.07, 6.45) is -5.24. The van der Waals surface area contributed by atoms with Gasteiger partial charge in [-0.15, -0.1) is 0 Å². The third-order valence-electron chi connectivity index (χ3n) is 10.1. The topological polar surface area (TPSA) is 93.4 Å². The molecule has 8 aromatic rings. The van der Waals surface area contributed by atoms with Crippen molar-refractivity contribution in [1.29, 1.82) is 0 Å². The van der Waals surface area contributed by atoms with Gasteiger partial charge in [-0.1, -0.05) is 189 Å². The molecule has 62 heavy (non-hydrogen) atoms. The second kappa shape index (κ2) is 20.8. The first-order chi connectivity index (χ1) is 29.2. The maximum absolute atomic E-state index is 13.8. The molecule has 0 aliphatic rings. The van der Waals surface area contributed by atoms with E-state index in [0.29, 0.717) is 10.9 Å². The molecule has 314 valence electrons. The number of nitrogens with zero attached hydrogens (tertiary/aromatic N) is 1. The van der Waals surface area contributed by atoms with E-state index in [0.717, 1.165) is 41.8 Å². The first-order valence-electron chi connectivity index (χ1n) is 19.3. The van der Waals surface area contributed by atoms with Crippen molar-refractivity contribution in [2.75, 3.05) is 0 Å². The fourth-order valence-electron chi connectivity index (χ4n) is 7.08. The van der Waals surface area contributed by atoms with Gasteiger partial charge in [0.2, 0.25) is 0 Å². The van der Waals surface area contributed by atoms with Crippen LogP contribution in [0.2, 0.25) is 0 Å². The summed E-state index contributed by atoms with van der Waals surface area (Å²) in [4.78, 5) is 24.0. The number of aromatic hydroxyl groups is 1. The van der Waals surface area contributed by atoms with Crippen molar-refractivity contribution in [2.24, 2.45) is 0 Å². The van der Waals surface area contributed by atoms with Gasteiger partial charge in [0.05, 0.1) is 5.52 Å². The molecule has 6 nitrogen and oxygen atoms in total. The Morgan fingerprint density at radius 1 is 0.597 bits per heavy atom. The third kappa shape index (κ3) is 9.87. The van der Waals surface area contributed by atoms with E-state index >= 15 is 0 Å². The predicted octanol–water partition coefficient (Wildman–Crippen LogP) is 10.5. The number of pyridine rings is 1. The number of rotatable bonds is 8. The number of halogens is 3. The van der Waals surface area contributed by atoms with Crippen LogP contribution in [-0.2, 0) is 15.7 Å². The summed E-state index contributed by atoms with van der Waals surface area (Å²) in [5, 5.41) is 16.6. The molecule has 0 fully saturated rings. The largest absolute Gasteiger partial charge is 0.506 e. The molecule has 0 aliphatic heterocycles.